The van der Waals surface area contributed by atoms with Crippen LogP contribution in [0.2, 0.25) is 0 Å². The normalized spacial score (nSPS) is 10.6. The van der Waals surface area contributed by atoms with Crippen molar-refractivity contribution in [2.24, 2.45) is 0 Å². The van der Waals surface area contributed by atoms with Gasteiger partial charge in [0.05, 0.1) is 17.0 Å². The lowest BCUT2D eigenvalue weighted by Crippen LogP contribution is -2.20. The number of pyridine rings is 1. The first-order chi connectivity index (χ1) is 8.13. The van der Waals surface area contributed by atoms with Crippen molar-refractivity contribution in [1.29, 1.82) is 0 Å². The predicted octanol–water partition coefficient (Wildman–Crippen LogP) is 1.88. The first kappa shape index (κ1) is 11.3. The van der Waals surface area contributed by atoms with Crippen LogP contribution in [0.1, 0.15) is 0 Å². The number of aromatic nitrogens is 1. The molecule has 0 aliphatic rings. The largest absolute Gasteiger partial charge is 0.306 e. The summed E-state index contributed by atoms with van der Waals surface area (Å²) in [5, 5.41) is 11.1. The van der Waals surface area contributed by atoms with Gasteiger partial charge in [-0.25, -0.2) is 4.39 Å². The molecule has 0 aliphatic heterocycles. The van der Waals surface area contributed by atoms with E-state index in [1.165, 1.54) is 34.9 Å². The van der Waals surface area contributed by atoms with Gasteiger partial charge in [0.15, 0.2) is 0 Å². The number of hydrogen-bond donors (Lipinski definition) is 0. The molecule has 5 nitrogen and oxygen atoms in total. The monoisotopic (exact) mass is 236 g/mol. The minimum Gasteiger partial charge on any atom is -0.306 e. The van der Waals surface area contributed by atoms with Crippen molar-refractivity contribution in [3.05, 3.63) is 50.8 Å². The van der Waals surface area contributed by atoms with Crippen LogP contribution in [0.25, 0.3) is 10.9 Å². The van der Waals surface area contributed by atoms with Gasteiger partial charge in [0.2, 0.25) is 0 Å². The van der Waals surface area contributed by atoms with E-state index in [4.69, 9.17) is 0 Å². The highest BCUT2D eigenvalue weighted by molar-refractivity contribution is 5.81. The van der Waals surface area contributed by atoms with Crippen molar-refractivity contribution in [3.8, 4) is 0 Å². The van der Waals surface area contributed by atoms with Gasteiger partial charge >= 0.3 is 0 Å². The summed E-state index contributed by atoms with van der Waals surface area (Å²) < 4.78 is 13.6. The van der Waals surface area contributed by atoms with E-state index >= 15 is 0 Å². The van der Waals surface area contributed by atoms with Crippen LogP contribution < -0.4 is 5.56 Å². The van der Waals surface area contributed by atoms with Gasteiger partial charge in [-0.2, -0.15) is 0 Å². The molecule has 2 aromatic rings. The Balaban J connectivity index is 2.70. The number of rotatable bonds is 3. The molecule has 17 heavy (non-hydrogen) atoms. The maximum absolute atomic E-state index is 12.3. The van der Waals surface area contributed by atoms with E-state index in [-0.39, 0.29) is 17.8 Å². The minimum absolute atomic E-state index is 0.0476. The van der Waals surface area contributed by atoms with Crippen molar-refractivity contribution in [3.63, 3.8) is 0 Å². The maximum atomic E-state index is 12.3. The van der Waals surface area contributed by atoms with Crippen LogP contribution in [0, 0.1) is 10.1 Å². The minimum atomic E-state index is -0.657. The van der Waals surface area contributed by atoms with E-state index in [1.54, 1.807) is 0 Å². The smallest absolute Gasteiger partial charge is 0.270 e. The number of nitrogens with zero attached hydrogens (tertiary/aromatic N) is 2. The van der Waals surface area contributed by atoms with E-state index in [9.17, 15) is 19.3 Å². The number of nitro groups is 1. The molecule has 1 aromatic carbocycles. The zero-order chi connectivity index (χ0) is 12.4. The molecular formula is C11H9FN2O3. The SMILES string of the molecule is O=c1ccc2cc([N+](=O)[O-])ccc2n1CCF. The van der Waals surface area contributed by atoms with Crippen LogP contribution in [0.15, 0.2) is 35.1 Å². The first-order valence-corrected chi connectivity index (χ1v) is 4.97. The van der Waals surface area contributed by atoms with Crippen molar-refractivity contribution < 1.29 is 9.31 Å². The number of halogens is 1. The van der Waals surface area contributed by atoms with Crippen LogP contribution >= 0.6 is 0 Å². The average Bonchev–Trinajstić information content (AvgIpc) is 2.32. The van der Waals surface area contributed by atoms with Gasteiger partial charge in [-0.05, 0) is 12.1 Å². The number of non-ortho nitro benzene ring substituents is 1. The average molecular weight is 236 g/mol. The number of nitro benzene ring substituents is 1. The summed E-state index contributed by atoms with van der Waals surface area (Å²) in [5.41, 5.74) is 0.132. The van der Waals surface area contributed by atoms with Gasteiger partial charge in [0, 0.05) is 23.6 Å². The fourth-order valence-corrected chi connectivity index (χ4v) is 1.72. The second-order valence-electron chi connectivity index (χ2n) is 3.51. The molecule has 0 radical (unpaired) electrons. The molecule has 0 aliphatic carbocycles. The molecule has 0 unspecified atom stereocenters. The molecule has 0 fully saturated rings. The van der Waals surface area contributed by atoms with Crippen LogP contribution in [0.5, 0.6) is 0 Å². The Morgan fingerprint density at radius 3 is 2.71 bits per heavy atom. The Morgan fingerprint density at radius 1 is 1.29 bits per heavy atom. The Hall–Kier alpha value is -2.24. The molecule has 1 heterocycles. The summed E-state index contributed by atoms with van der Waals surface area (Å²) in [6, 6.07) is 6.91. The highest BCUT2D eigenvalue weighted by atomic mass is 19.1. The zero-order valence-corrected chi connectivity index (χ0v) is 8.80. The van der Waals surface area contributed by atoms with E-state index in [0.29, 0.717) is 10.9 Å². The molecule has 2 rings (SSSR count). The van der Waals surface area contributed by atoms with E-state index in [0.717, 1.165) is 0 Å². The van der Waals surface area contributed by atoms with Crippen LogP contribution in [0.3, 0.4) is 0 Å². The van der Waals surface area contributed by atoms with Gasteiger partial charge in [-0.15, -0.1) is 0 Å². The second kappa shape index (κ2) is 4.32. The van der Waals surface area contributed by atoms with Crippen LogP contribution in [-0.2, 0) is 6.54 Å². The standard InChI is InChI=1S/C11H9FN2O3/c12-5-6-13-10-3-2-9(14(16)17)7-8(10)1-4-11(13)15/h1-4,7H,5-6H2. The predicted molar refractivity (Wildman–Crippen MR) is 60.8 cm³/mol. The van der Waals surface area contributed by atoms with Crippen LogP contribution in [-0.4, -0.2) is 16.2 Å². The topological polar surface area (TPSA) is 65.1 Å². The highest BCUT2D eigenvalue weighted by Gasteiger charge is 2.08. The summed E-state index contributed by atoms with van der Waals surface area (Å²) in [5.74, 6) is 0. The molecular weight excluding hydrogens is 227 g/mol. The molecule has 0 atom stereocenters. The van der Waals surface area contributed by atoms with E-state index < -0.39 is 11.6 Å². The van der Waals surface area contributed by atoms with Crippen molar-refractivity contribution in [2.75, 3.05) is 6.67 Å². The summed E-state index contributed by atoms with van der Waals surface area (Å²) in [6.45, 7) is -0.704. The Labute approximate surface area is 95.3 Å². The fraction of sp³-hybridized carbons (Fsp3) is 0.182. The van der Waals surface area contributed by atoms with Crippen molar-refractivity contribution in [2.45, 2.75) is 6.54 Å². The number of hydrogen-bond acceptors (Lipinski definition) is 3. The molecule has 0 spiro atoms. The third kappa shape index (κ3) is 2.01. The third-order valence-electron chi connectivity index (χ3n) is 2.49. The summed E-state index contributed by atoms with van der Waals surface area (Å²) in [4.78, 5) is 21.6. The molecule has 0 N–H and O–H groups in total. The molecule has 0 bridgehead atoms. The number of fused-ring (bicyclic) bond motifs is 1. The molecule has 6 heteroatoms. The molecule has 1 aromatic heterocycles. The number of alkyl halides is 1. The molecule has 88 valence electrons. The third-order valence-corrected chi connectivity index (χ3v) is 2.49. The Bertz CT molecular complexity index is 636. The van der Waals surface area contributed by atoms with Gasteiger partial charge in [-0.3, -0.25) is 14.9 Å². The fourth-order valence-electron chi connectivity index (χ4n) is 1.72. The Kier molecular flexibility index (Phi) is 2.86. The first-order valence-electron chi connectivity index (χ1n) is 4.97. The molecule has 0 amide bonds. The summed E-state index contributed by atoms with van der Waals surface area (Å²) >= 11 is 0. The van der Waals surface area contributed by atoms with E-state index in [2.05, 4.69) is 0 Å². The molecule has 0 saturated carbocycles. The highest BCUT2D eigenvalue weighted by Crippen LogP contribution is 2.19. The molecule has 0 saturated heterocycles. The van der Waals surface area contributed by atoms with Gasteiger partial charge < -0.3 is 4.57 Å². The van der Waals surface area contributed by atoms with Gasteiger partial charge in [-0.1, -0.05) is 0 Å². The summed E-state index contributed by atoms with van der Waals surface area (Å²) in [6.07, 6.45) is 0. The van der Waals surface area contributed by atoms with Gasteiger partial charge in [0.25, 0.3) is 11.2 Å². The second-order valence-corrected chi connectivity index (χ2v) is 3.51. The van der Waals surface area contributed by atoms with E-state index in [1.807, 2.05) is 0 Å². The van der Waals surface area contributed by atoms with Crippen molar-refractivity contribution >= 4 is 16.6 Å². The quantitative estimate of drug-likeness (QED) is 0.603. The zero-order valence-electron chi connectivity index (χ0n) is 8.80. The lowest BCUT2D eigenvalue weighted by atomic mass is 10.2. The van der Waals surface area contributed by atoms with Crippen molar-refractivity contribution in [1.82, 2.24) is 4.57 Å². The Morgan fingerprint density at radius 2 is 2.06 bits per heavy atom. The summed E-state index contributed by atoms with van der Waals surface area (Å²) in [7, 11) is 0. The maximum Gasteiger partial charge on any atom is 0.270 e. The van der Waals surface area contributed by atoms with Gasteiger partial charge in [0.1, 0.15) is 6.67 Å². The lowest BCUT2D eigenvalue weighted by molar-refractivity contribution is -0.384. The van der Waals surface area contributed by atoms with Crippen LogP contribution in [0.4, 0.5) is 10.1 Å². The number of aryl methyl sites for hydroxylation is 1. The lowest BCUT2D eigenvalue weighted by Gasteiger charge is -2.07. The number of benzene rings is 1.